The number of aromatic nitrogens is 1. The van der Waals surface area contributed by atoms with Gasteiger partial charge in [-0.3, -0.25) is 10.1 Å². The number of nitrogens with one attached hydrogen (secondary N) is 1. The van der Waals surface area contributed by atoms with Gasteiger partial charge in [0.1, 0.15) is 10.8 Å². The minimum Gasteiger partial charge on any atom is -0.378 e. The minimum atomic E-state index is -0.489. The van der Waals surface area contributed by atoms with Gasteiger partial charge in [-0.1, -0.05) is 16.8 Å². The Kier molecular flexibility index (Phi) is 4.18. The fourth-order valence-electron chi connectivity index (χ4n) is 2.38. The number of anilines is 1. The Morgan fingerprint density at radius 2 is 2.05 bits per heavy atom. The lowest BCUT2D eigenvalue weighted by Gasteiger charge is -2.17. The average molecular weight is 310 g/mol. The Balaban J connectivity index is 2.32. The first kappa shape index (κ1) is 15.3. The molecule has 1 aromatic heterocycles. The number of rotatable bonds is 4. The smallest absolute Gasteiger partial charge is 0.288 e. The van der Waals surface area contributed by atoms with Crippen LogP contribution in [0.25, 0.3) is 0 Å². The molecule has 7 heteroatoms. The van der Waals surface area contributed by atoms with E-state index in [9.17, 15) is 10.1 Å². The predicted molar refractivity (Wildman–Crippen MR) is 80.9 cm³/mol. The molecule has 0 saturated heterocycles. The summed E-state index contributed by atoms with van der Waals surface area (Å²) in [7, 11) is 0. The summed E-state index contributed by atoms with van der Waals surface area (Å²) >= 11 is 5.95. The molecular formula is C14H16ClN3O3. The average Bonchev–Trinajstić information content (AvgIpc) is 2.72. The van der Waals surface area contributed by atoms with Crippen LogP contribution in [0.1, 0.15) is 35.5 Å². The highest BCUT2D eigenvalue weighted by molar-refractivity contribution is 6.33. The zero-order chi connectivity index (χ0) is 15.7. The molecular weight excluding hydrogens is 294 g/mol. The summed E-state index contributed by atoms with van der Waals surface area (Å²) in [5.74, 6) is 0.748. The van der Waals surface area contributed by atoms with Crippen molar-refractivity contribution in [3.63, 3.8) is 0 Å². The van der Waals surface area contributed by atoms with Gasteiger partial charge in [0.2, 0.25) is 0 Å². The summed E-state index contributed by atoms with van der Waals surface area (Å²) in [5.41, 5.74) is 3.20. The van der Waals surface area contributed by atoms with Crippen molar-refractivity contribution in [2.45, 2.75) is 33.7 Å². The molecule has 0 amide bonds. The van der Waals surface area contributed by atoms with Gasteiger partial charge in [0, 0.05) is 17.3 Å². The quantitative estimate of drug-likeness (QED) is 0.671. The Labute approximate surface area is 127 Å². The van der Waals surface area contributed by atoms with E-state index in [0.29, 0.717) is 0 Å². The number of benzene rings is 1. The molecule has 0 fully saturated rings. The van der Waals surface area contributed by atoms with Crippen molar-refractivity contribution in [1.82, 2.24) is 5.16 Å². The summed E-state index contributed by atoms with van der Waals surface area (Å²) in [6.45, 7) is 7.50. The first-order chi connectivity index (χ1) is 9.81. The molecule has 0 spiro atoms. The van der Waals surface area contributed by atoms with Crippen LogP contribution in [0.2, 0.25) is 5.02 Å². The van der Waals surface area contributed by atoms with Gasteiger partial charge in [0.15, 0.2) is 0 Å². The third-order valence-electron chi connectivity index (χ3n) is 3.38. The maximum Gasteiger partial charge on any atom is 0.288 e. The summed E-state index contributed by atoms with van der Waals surface area (Å²) < 4.78 is 5.15. The second kappa shape index (κ2) is 5.73. The second-order valence-corrected chi connectivity index (χ2v) is 5.39. The molecule has 1 unspecified atom stereocenters. The monoisotopic (exact) mass is 309 g/mol. The van der Waals surface area contributed by atoms with Crippen molar-refractivity contribution in [3.05, 3.63) is 49.9 Å². The van der Waals surface area contributed by atoms with Crippen LogP contribution in [0.5, 0.6) is 0 Å². The van der Waals surface area contributed by atoms with Gasteiger partial charge in [-0.05, 0) is 39.3 Å². The third-order valence-corrected chi connectivity index (χ3v) is 3.69. The van der Waals surface area contributed by atoms with Crippen LogP contribution in [0.4, 0.5) is 11.4 Å². The third kappa shape index (κ3) is 3.00. The molecule has 21 heavy (non-hydrogen) atoms. The Morgan fingerprint density at radius 1 is 1.38 bits per heavy atom. The summed E-state index contributed by atoms with van der Waals surface area (Å²) in [6, 6.07) is 2.99. The molecule has 1 heterocycles. The van der Waals surface area contributed by atoms with E-state index < -0.39 is 4.92 Å². The maximum atomic E-state index is 10.9. The number of nitro benzene ring substituents is 1. The van der Waals surface area contributed by atoms with E-state index in [-0.39, 0.29) is 16.8 Å². The van der Waals surface area contributed by atoms with E-state index in [2.05, 4.69) is 10.5 Å². The van der Waals surface area contributed by atoms with Crippen molar-refractivity contribution in [1.29, 1.82) is 0 Å². The molecule has 1 N–H and O–H groups in total. The van der Waals surface area contributed by atoms with E-state index in [1.165, 1.54) is 6.07 Å². The highest BCUT2D eigenvalue weighted by atomic mass is 35.5. The zero-order valence-electron chi connectivity index (χ0n) is 12.2. The minimum absolute atomic E-state index is 0.0486. The zero-order valence-corrected chi connectivity index (χ0v) is 13.0. The lowest BCUT2D eigenvalue weighted by atomic mass is 10.1. The molecule has 6 nitrogen and oxygen atoms in total. The fourth-order valence-corrected chi connectivity index (χ4v) is 2.61. The summed E-state index contributed by atoms with van der Waals surface area (Å²) in [5, 5.41) is 18.2. The van der Waals surface area contributed by atoms with Crippen molar-refractivity contribution in [2.24, 2.45) is 0 Å². The second-order valence-electron chi connectivity index (χ2n) is 4.98. The molecule has 0 aliphatic carbocycles. The topological polar surface area (TPSA) is 81.2 Å². The standard InChI is InChI=1S/C14H16ClN3O3/c1-7-5-13(18(19)20)11(15)6-12(7)16-8(2)14-9(3)17-21-10(14)4/h5-6,8,16H,1-4H3. The van der Waals surface area contributed by atoms with E-state index in [1.807, 2.05) is 20.8 Å². The first-order valence-corrected chi connectivity index (χ1v) is 6.83. The number of aryl methyl sites for hydroxylation is 3. The molecule has 1 aromatic carbocycles. The molecule has 0 aliphatic heterocycles. The molecule has 0 saturated carbocycles. The van der Waals surface area contributed by atoms with Crippen LogP contribution in [0.3, 0.4) is 0 Å². The summed E-state index contributed by atoms with van der Waals surface area (Å²) in [6.07, 6.45) is 0. The molecule has 0 bridgehead atoms. The number of hydrogen-bond acceptors (Lipinski definition) is 5. The van der Waals surface area contributed by atoms with E-state index >= 15 is 0 Å². The largest absolute Gasteiger partial charge is 0.378 e. The first-order valence-electron chi connectivity index (χ1n) is 6.45. The molecule has 0 aliphatic rings. The highest BCUT2D eigenvalue weighted by Gasteiger charge is 2.19. The number of nitro groups is 1. The van der Waals surface area contributed by atoms with Crippen molar-refractivity contribution < 1.29 is 9.45 Å². The fraction of sp³-hybridized carbons (Fsp3) is 0.357. The molecule has 2 aromatic rings. The molecule has 1 atom stereocenters. The lowest BCUT2D eigenvalue weighted by molar-refractivity contribution is -0.384. The van der Waals surface area contributed by atoms with E-state index in [1.54, 1.807) is 13.0 Å². The van der Waals surface area contributed by atoms with Gasteiger partial charge in [-0.25, -0.2) is 0 Å². The van der Waals surface area contributed by atoms with E-state index in [0.717, 1.165) is 28.3 Å². The van der Waals surface area contributed by atoms with Crippen molar-refractivity contribution in [2.75, 3.05) is 5.32 Å². The summed E-state index contributed by atoms with van der Waals surface area (Å²) in [4.78, 5) is 10.4. The van der Waals surface area contributed by atoms with Gasteiger partial charge in [0.25, 0.3) is 5.69 Å². The normalized spacial score (nSPS) is 12.2. The number of halogens is 1. The van der Waals surface area contributed by atoms with Gasteiger partial charge in [-0.15, -0.1) is 0 Å². The van der Waals surface area contributed by atoms with Gasteiger partial charge >= 0.3 is 0 Å². The Hall–Kier alpha value is -2.08. The lowest BCUT2D eigenvalue weighted by Crippen LogP contribution is -2.09. The van der Waals surface area contributed by atoms with E-state index in [4.69, 9.17) is 16.1 Å². The van der Waals surface area contributed by atoms with Crippen LogP contribution in [0, 0.1) is 30.9 Å². The SMILES string of the molecule is Cc1cc([N+](=O)[O-])c(Cl)cc1NC(C)c1c(C)noc1C. The van der Waals surface area contributed by atoms with Crippen LogP contribution in [-0.4, -0.2) is 10.1 Å². The van der Waals surface area contributed by atoms with Crippen LogP contribution in [0.15, 0.2) is 16.7 Å². The van der Waals surface area contributed by atoms with Crippen LogP contribution >= 0.6 is 11.6 Å². The van der Waals surface area contributed by atoms with Crippen molar-refractivity contribution >= 4 is 23.0 Å². The van der Waals surface area contributed by atoms with Gasteiger partial charge < -0.3 is 9.84 Å². The molecule has 112 valence electrons. The van der Waals surface area contributed by atoms with Gasteiger partial charge in [-0.2, -0.15) is 0 Å². The maximum absolute atomic E-state index is 10.9. The van der Waals surface area contributed by atoms with Crippen molar-refractivity contribution in [3.8, 4) is 0 Å². The van der Waals surface area contributed by atoms with Gasteiger partial charge in [0.05, 0.1) is 16.7 Å². The highest BCUT2D eigenvalue weighted by Crippen LogP contribution is 2.33. The number of nitrogens with zero attached hydrogens (tertiary/aromatic N) is 2. The predicted octanol–water partition coefficient (Wildman–Crippen LogP) is 4.33. The van der Waals surface area contributed by atoms with Crippen LogP contribution < -0.4 is 5.32 Å². The number of hydrogen-bond donors (Lipinski definition) is 1. The Morgan fingerprint density at radius 3 is 2.57 bits per heavy atom. The van der Waals surface area contributed by atoms with Crippen LogP contribution in [-0.2, 0) is 0 Å². The Bertz CT molecular complexity index is 678. The molecule has 2 rings (SSSR count). The molecule has 0 radical (unpaired) electrons.